The summed E-state index contributed by atoms with van der Waals surface area (Å²) < 4.78 is 33.6. The second-order valence-corrected chi connectivity index (χ2v) is 7.70. The fourth-order valence-corrected chi connectivity index (χ4v) is 3.64. The van der Waals surface area contributed by atoms with Gasteiger partial charge in [-0.2, -0.15) is 8.78 Å². The minimum Gasteiger partial charge on any atom is -0.487 e. The van der Waals surface area contributed by atoms with Crippen molar-refractivity contribution in [3.05, 3.63) is 67.4 Å². The quantitative estimate of drug-likeness (QED) is 0.343. The van der Waals surface area contributed by atoms with Crippen molar-refractivity contribution in [2.24, 2.45) is 11.8 Å². The summed E-state index contributed by atoms with van der Waals surface area (Å²) in [5.74, 6) is -3.86. The molecule has 0 heterocycles. The molecule has 1 fully saturated rings. The average Bonchev–Trinajstić information content (AvgIpc) is 3.01. The summed E-state index contributed by atoms with van der Waals surface area (Å²) in [5.41, 5.74) is 0. The van der Waals surface area contributed by atoms with Gasteiger partial charge in [-0.3, -0.25) is 4.79 Å². The first-order chi connectivity index (χ1) is 14.8. The molecule has 0 aliphatic heterocycles. The van der Waals surface area contributed by atoms with Crippen LogP contribution < -0.4 is 10.1 Å². The fourth-order valence-electron chi connectivity index (χ4n) is 3.64. The number of unbranched alkanes of at least 4 members (excludes halogenated alkanes) is 1. The lowest BCUT2D eigenvalue weighted by Gasteiger charge is -2.20. The minimum absolute atomic E-state index is 0.0971. The van der Waals surface area contributed by atoms with Crippen LogP contribution in [-0.4, -0.2) is 40.9 Å². The number of amides is 1. The van der Waals surface area contributed by atoms with Crippen LogP contribution in [0, 0.1) is 11.8 Å². The summed E-state index contributed by atoms with van der Waals surface area (Å²) in [5, 5.41) is 23.0. The lowest BCUT2D eigenvalue weighted by atomic mass is 9.89. The van der Waals surface area contributed by atoms with Crippen molar-refractivity contribution in [2.75, 3.05) is 6.61 Å². The predicted molar refractivity (Wildman–Crippen MR) is 116 cm³/mol. The van der Waals surface area contributed by atoms with Crippen LogP contribution in [0.3, 0.4) is 0 Å². The lowest BCUT2D eigenvalue weighted by molar-refractivity contribution is -0.120. The molecule has 3 N–H and O–H groups in total. The predicted octanol–water partition coefficient (Wildman–Crippen LogP) is 3.99. The molecule has 1 aromatic carbocycles. The normalized spacial score (nSPS) is 24.0. The Hall–Kier alpha value is -2.51. The van der Waals surface area contributed by atoms with Gasteiger partial charge in [-0.15, -0.1) is 0 Å². The maximum Gasteiger partial charge on any atom is 0.299 e. The smallest absolute Gasteiger partial charge is 0.299 e. The molecule has 1 aliphatic rings. The average molecular weight is 436 g/mol. The second kappa shape index (κ2) is 12.4. The number of alkyl halides is 2. The summed E-state index contributed by atoms with van der Waals surface area (Å²) in [6, 6.07) is 8.38. The van der Waals surface area contributed by atoms with Crippen LogP contribution in [0.15, 0.2) is 67.4 Å². The molecule has 0 aromatic heterocycles. The second-order valence-electron chi connectivity index (χ2n) is 7.70. The molecule has 31 heavy (non-hydrogen) atoms. The number of hydrogen-bond donors (Lipinski definition) is 3. The molecule has 4 atom stereocenters. The van der Waals surface area contributed by atoms with Gasteiger partial charge in [0.1, 0.15) is 5.75 Å². The molecule has 0 bridgehead atoms. The third-order valence-electron chi connectivity index (χ3n) is 5.27. The molecule has 1 saturated carbocycles. The van der Waals surface area contributed by atoms with E-state index < -0.39 is 30.7 Å². The zero-order valence-electron chi connectivity index (χ0n) is 17.5. The summed E-state index contributed by atoms with van der Waals surface area (Å²) in [4.78, 5) is 11.3. The monoisotopic (exact) mass is 435 g/mol. The zero-order chi connectivity index (χ0) is 22.7. The van der Waals surface area contributed by atoms with Gasteiger partial charge in [0, 0.05) is 18.8 Å². The van der Waals surface area contributed by atoms with Crippen molar-refractivity contribution in [3.8, 4) is 5.75 Å². The van der Waals surface area contributed by atoms with Crippen molar-refractivity contribution in [2.45, 2.75) is 50.2 Å². The van der Waals surface area contributed by atoms with Gasteiger partial charge >= 0.3 is 0 Å². The van der Waals surface area contributed by atoms with E-state index in [9.17, 15) is 23.8 Å². The van der Waals surface area contributed by atoms with Gasteiger partial charge in [0.05, 0.1) is 12.2 Å². The molecule has 7 heteroatoms. The van der Waals surface area contributed by atoms with Crippen LogP contribution in [0.1, 0.15) is 32.1 Å². The van der Waals surface area contributed by atoms with E-state index >= 15 is 0 Å². The lowest BCUT2D eigenvalue weighted by Crippen LogP contribution is -2.25. The summed E-state index contributed by atoms with van der Waals surface area (Å²) in [6.07, 6.45) is 7.89. The van der Waals surface area contributed by atoms with E-state index in [0.29, 0.717) is 31.4 Å². The number of aliphatic hydroxyl groups is 2. The fraction of sp³-hybridized carbons (Fsp3) is 0.458. The maximum atomic E-state index is 14.2. The van der Waals surface area contributed by atoms with Gasteiger partial charge in [0.2, 0.25) is 5.91 Å². The van der Waals surface area contributed by atoms with E-state index in [0.717, 1.165) is 6.08 Å². The van der Waals surface area contributed by atoms with Crippen molar-refractivity contribution < 1.29 is 28.5 Å². The number of benzene rings is 1. The van der Waals surface area contributed by atoms with Crippen LogP contribution in [-0.2, 0) is 4.79 Å². The summed E-state index contributed by atoms with van der Waals surface area (Å²) in [7, 11) is 0. The van der Waals surface area contributed by atoms with Crippen molar-refractivity contribution in [3.63, 3.8) is 0 Å². The molecule has 2 rings (SSSR count). The maximum absolute atomic E-state index is 14.2. The first-order valence-corrected chi connectivity index (χ1v) is 10.5. The van der Waals surface area contributed by atoms with Crippen LogP contribution in [0.5, 0.6) is 5.75 Å². The molecule has 170 valence electrons. The number of ether oxygens (including phenoxy) is 1. The molecule has 1 aliphatic carbocycles. The molecule has 1 aromatic rings. The molecule has 0 saturated heterocycles. The first kappa shape index (κ1) is 24.8. The van der Waals surface area contributed by atoms with Crippen LogP contribution in [0.4, 0.5) is 8.78 Å². The van der Waals surface area contributed by atoms with E-state index in [1.807, 2.05) is 12.2 Å². The number of hydrogen-bond acceptors (Lipinski definition) is 4. The molecular formula is C24H31F2NO4. The number of aliphatic hydroxyl groups excluding tert-OH is 2. The number of carbonyl (C=O) groups is 1. The third-order valence-corrected chi connectivity index (χ3v) is 5.27. The highest BCUT2D eigenvalue weighted by molar-refractivity contribution is 5.76. The standard InChI is InChI=1S/C24H31F2NO4/c1-2-27-23(30)13-9-4-3-8-12-19-20(22(29)16-21(19)28)14-15-24(25,26)17-31-18-10-6-5-7-11-18/h2-3,5-8,10-11,14-15,19-22,28-29H,1,4,9,12-13,16-17H2,(H,27,30)/b8-3+,15-14+/t19-,20-,21+,22-/m1/s1. The van der Waals surface area contributed by atoms with Crippen LogP contribution in [0.25, 0.3) is 0 Å². The largest absolute Gasteiger partial charge is 0.487 e. The van der Waals surface area contributed by atoms with Crippen LogP contribution >= 0.6 is 0 Å². The SMILES string of the molecule is C=CNC(=O)CCC/C=C/C[C@@H]1[C@@H](/C=C/C(F)(F)COc2ccccc2)[C@H](O)C[C@@H]1O. The zero-order valence-corrected chi connectivity index (χ0v) is 17.5. The van der Waals surface area contributed by atoms with Gasteiger partial charge in [0.25, 0.3) is 5.92 Å². The van der Waals surface area contributed by atoms with Crippen molar-refractivity contribution in [1.82, 2.24) is 5.32 Å². The van der Waals surface area contributed by atoms with Gasteiger partial charge < -0.3 is 20.3 Å². The summed E-state index contributed by atoms with van der Waals surface area (Å²) >= 11 is 0. The van der Waals surface area contributed by atoms with Crippen molar-refractivity contribution >= 4 is 5.91 Å². The highest BCUT2D eigenvalue weighted by Crippen LogP contribution is 2.37. The van der Waals surface area contributed by atoms with Crippen molar-refractivity contribution in [1.29, 1.82) is 0 Å². The Labute approximate surface area is 182 Å². The van der Waals surface area contributed by atoms with Gasteiger partial charge in [-0.1, -0.05) is 43.0 Å². The minimum atomic E-state index is -3.20. The Morgan fingerprint density at radius 1 is 1.23 bits per heavy atom. The van der Waals surface area contributed by atoms with E-state index in [4.69, 9.17) is 4.74 Å². The van der Waals surface area contributed by atoms with Gasteiger partial charge in [-0.05, 0) is 49.6 Å². The molecule has 5 nitrogen and oxygen atoms in total. The Morgan fingerprint density at radius 3 is 2.68 bits per heavy atom. The molecular weight excluding hydrogens is 404 g/mol. The van der Waals surface area contributed by atoms with E-state index in [-0.39, 0.29) is 18.2 Å². The number of nitrogens with one attached hydrogen (secondary N) is 1. The molecule has 0 unspecified atom stereocenters. The Kier molecular flexibility index (Phi) is 9.88. The summed E-state index contributed by atoms with van der Waals surface area (Å²) in [6.45, 7) is 2.62. The van der Waals surface area contributed by atoms with Gasteiger partial charge in [-0.25, -0.2) is 0 Å². The number of rotatable bonds is 12. The van der Waals surface area contributed by atoms with E-state index in [2.05, 4.69) is 11.9 Å². The number of para-hydroxylation sites is 1. The van der Waals surface area contributed by atoms with E-state index in [1.165, 1.54) is 12.3 Å². The van der Waals surface area contributed by atoms with E-state index in [1.54, 1.807) is 30.3 Å². The topological polar surface area (TPSA) is 78.8 Å². The first-order valence-electron chi connectivity index (χ1n) is 10.5. The Balaban J connectivity index is 1.85. The van der Waals surface area contributed by atoms with Gasteiger partial charge in [0.15, 0.2) is 6.61 Å². The molecule has 1 amide bonds. The third kappa shape index (κ3) is 8.63. The number of allylic oxidation sites excluding steroid dienone is 2. The Bertz CT molecular complexity index is 751. The highest BCUT2D eigenvalue weighted by Gasteiger charge is 2.40. The number of carbonyl (C=O) groups excluding carboxylic acids is 1. The molecule has 0 radical (unpaired) electrons. The molecule has 0 spiro atoms. The highest BCUT2D eigenvalue weighted by atomic mass is 19.3. The Morgan fingerprint density at radius 2 is 1.97 bits per heavy atom. The number of halogens is 2. The van der Waals surface area contributed by atoms with Crippen LogP contribution in [0.2, 0.25) is 0 Å².